The maximum absolute atomic E-state index is 12.6. The van der Waals surface area contributed by atoms with Crippen molar-refractivity contribution in [3.05, 3.63) is 45.4 Å². The number of hydrogen-bond acceptors (Lipinski definition) is 3. The predicted molar refractivity (Wildman–Crippen MR) is 76.6 cm³/mol. The number of aromatic nitrogens is 4. The van der Waals surface area contributed by atoms with E-state index in [-0.39, 0.29) is 0 Å². The number of benzene rings is 1. The minimum absolute atomic E-state index is 0.379. The van der Waals surface area contributed by atoms with Crippen molar-refractivity contribution in [3.63, 3.8) is 0 Å². The van der Waals surface area contributed by atoms with Crippen LogP contribution in [0.5, 0.6) is 0 Å². The van der Waals surface area contributed by atoms with Gasteiger partial charge >= 0.3 is 6.18 Å². The molecule has 0 atom stereocenters. The van der Waals surface area contributed by atoms with Gasteiger partial charge in [0.05, 0.1) is 5.56 Å². The lowest BCUT2D eigenvalue weighted by molar-refractivity contribution is -0.137. The molecule has 3 rings (SSSR count). The molecule has 0 amide bonds. The Morgan fingerprint density at radius 2 is 1.71 bits per heavy atom. The molecule has 0 aliphatic rings. The van der Waals surface area contributed by atoms with Gasteiger partial charge in [0.25, 0.3) is 5.78 Å². The Morgan fingerprint density at radius 3 is 2.33 bits per heavy atom. The molecule has 108 valence electrons. The summed E-state index contributed by atoms with van der Waals surface area (Å²) in [6.45, 7) is 0. The van der Waals surface area contributed by atoms with E-state index in [2.05, 4.69) is 46.9 Å². The third-order valence-electron chi connectivity index (χ3n) is 2.83. The van der Waals surface area contributed by atoms with Gasteiger partial charge in [-0.05, 0) is 49.6 Å². The Bertz CT molecular complexity index is 812. The van der Waals surface area contributed by atoms with Crippen LogP contribution in [0.15, 0.2) is 39.8 Å². The van der Waals surface area contributed by atoms with Crippen LogP contribution < -0.4 is 0 Å². The first-order chi connectivity index (χ1) is 9.88. The molecule has 0 unspecified atom stereocenters. The number of nitrogens with zero attached hydrogens (tertiary/aromatic N) is 4. The SMILES string of the molecule is FC(F)(F)c1ccc(-c2c(Br)nc3ncnn3c2Br)cc1. The molecule has 9 heteroatoms. The molecule has 0 saturated carbocycles. The zero-order chi connectivity index (χ0) is 15.2. The van der Waals surface area contributed by atoms with E-state index in [1.165, 1.54) is 23.0 Å². The van der Waals surface area contributed by atoms with Crippen LogP contribution in [0.4, 0.5) is 13.2 Å². The van der Waals surface area contributed by atoms with Crippen LogP contribution in [-0.2, 0) is 6.18 Å². The van der Waals surface area contributed by atoms with Crippen molar-refractivity contribution in [3.8, 4) is 11.1 Å². The number of fused-ring (bicyclic) bond motifs is 1. The first-order valence-electron chi connectivity index (χ1n) is 5.60. The number of hydrogen-bond donors (Lipinski definition) is 0. The quantitative estimate of drug-likeness (QED) is 0.549. The van der Waals surface area contributed by atoms with Crippen LogP contribution in [0.25, 0.3) is 16.9 Å². The van der Waals surface area contributed by atoms with E-state index < -0.39 is 11.7 Å². The van der Waals surface area contributed by atoms with Crippen molar-refractivity contribution in [1.29, 1.82) is 0 Å². The lowest BCUT2D eigenvalue weighted by Crippen LogP contribution is -2.04. The lowest BCUT2D eigenvalue weighted by Gasteiger charge is -2.10. The minimum atomic E-state index is -4.36. The van der Waals surface area contributed by atoms with Crippen LogP contribution >= 0.6 is 31.9 Å². The molecule has 2 heterocycles. The molecule has 4 nitrogen and oxygen atoms in total. The number of alkyl halides is 3. The summed E-state index contributed by atoms with van der Waals surface area (Å²) in [6, 6.07) is 4.83. The van der Waals surface area contributed by atoms with Crippen molar-refractivity contribution in [2.75, 3.05) is 0 Å². The molecule has 1 aromatic carbocycles. The zero-order valence-electron chi connectivity index (χ0n) is 10.1. The molecule has 0 spiro atoms. The van der Waals surface area contributed by atoms with Crippen molar-refractivity contribution in [2.45, 2.75) is 6.18 Å². The van der Waals surface area contributed by atoms with E-state index in [4.69, 9.17) is 0 Å². The average molecular weight is 422 g/mol. The second-order valence-electron chi connectivity index (χ2n) is 4.12. The molecule has 0 saturated heterocycles. The summed E-state index contributed by atoms with van der Waals surface area (Å²) in [5.41, 5.74) is 0.474. The van der Waals surface area contributed by atoms with Crippen molar-refractivity contribution >= 4 is 37.6 Å². The third-order valence-corrected chi connectivity index (χ3v) is 4.13. The molecule has 2 aromatic heterocycles. The maximum atomic E-state index is 12.6. The van der Waals surface area contributed by atoms with Gasteiger partial charge in [0.2, 0.25) is 0 Å². The summed E-state index contributed by atoms with van der Waals surface area (Å²) in [5, 5.41) is 4.00. The highest BCUT2D eigenvalue weighted by atomic mass is 79.9. The van der Waals surface area contributed by atoms with Gasteiger partial charge in [0, 0.05) is 5.56 Å². The molecule has 0 N–H and O–H groups in total. The maximum Gasteiger partial charge on any atom is 0.416 e. The van der Waals surface area contributed by atoms with Gasteiger partial charge in [-0.25, -0.2) is 4.98 Å². The Morgan fingerprint density at radius 1 is 1.05 bits per heavy atom. The van der Waals surface area contributed by atoms with Gasteiger partial charge in [-0.15, -0.1) is 0 Å². The van der Waals surface area contributed by atoms with Crippen LogP contribution in [-0.4, -0.2) is 19.6 Å². The van der Waals surface area contributed by atoms with Crippen molar-refractivity contribution in [2.24, 2.45) is 0 Å². The van der Waals surface area contributed by atoms with Crippen molar-refractivity contribution in [1.82, 2.24) is 19.6 Å². The smallest absolute Gasteiger partial charge is 0.203 e. The molecule has 0 aliphatic heterocycles. The summed E-state index contributed by atoms with van der Waals surface area (Å²) < 4.78 is 40.3. The van der Waals surface area contributed by atoms with Gasteiger partial charge in [0.15, 0.2) is 0 Å². The standard InChI is InChI=1S/C12H5Br2F3N4/c13-9-8(10(14)21-11(20-9)18-5-19-21)6-1-3-7(4-2-6)12(15,16)17/h1-5H. The van der Waals surface area contributed by atoms with E-state index in [1.54, 1.807) is 0 Å². The van der Waals surface area contributed by atoms with E-state index in [0.717, 1.165) is 12.1 Å². The van der Waals surface area contributed by atoms with Crippen LogP contribution in [0.2, 0.25) is 0 Å². The Hall–Kier alpha value is -1.48. The zero-order valence-corrected chi connectivity index (χ0v) is 13.2. The fourth-order valence-corrected chi connectivity index (χ4v) is 3.36. The molecule has 0 bridgehead atoms. The summed E-state index contributed by atoms with van der Waals surface area (Å²) >= 11 is 6.68. The molecular formula is C12H5Br2F3N4. The van der Waals surface area contributed by atoms with Gasteiger partial charge < -0.3 is 0 Å². The second-order valence-corrected chi connectivity index (χ2v) is 5.62. The highest BCUT2D eigenvalue weighted by molar-refractivity contribution is 9.11. The summed E-state index contributed by atoms with van der Waals surface area (Å²) in [7, 11) is 0. The minimum Gasteiger partial charge on any atom is -0.203 e. The number of rotatable bonds is 1. The van der Waals surface area contributed by atoms with E-state index in [9.17, 15) is 13.2 Å². The molecular weight excluding hydrogens is 417 g/mol. The third kappa shape index (κ3) is 2.55. The Balaban J connectivity index is 2.16. The molecule has 3 aromatic rings. The summed E-state index contributed by atoms with van der Waals surface area (Å²) in [4.78, 5) is 8.15. The largest absolute Gasteiger partial charge is 0.416 e. The summed E-state index contributed by atoms with van der Waals surface area (Å²) in [6.07, 6.45) is -3.02. The van der Waals surface area contributed by atoms with Gasteiger partial charge in [-0.3, -0.25) is 0 Å². The molecule has 0 fully saturated rings. The summed E-state index contributed by atoms with van der Waals surface area (Å²) in [5.74, 6) is 0.379. The average Bonchev–Trinajstić information content (AvgIpc) is 2.86. The fraction of sp³-hybridized carbons (Fsp3) is 0.0833. The first-order valence-corrected chi connectivity index (χ1v) is 7.19. The molecule has 0 radical (unpaired) electrons. The van der Waals surface area contributed by atoms with Gasteiger partial charge in [-0.1, -0.05) is 12.1 Å². The van der Waals surface area contributed by atoms with E-state index in [1.807, 2.05) is 0 Å². The lowest BCUT2D eigenvalue weighted by atomic mass is 10.1. The van der Waals surface area contributed by atoms with Crippen LogP contribution in [0.1, 0.15) is 5.56 Å². The van der Waals surface area contributed by atoms with E-state index >= 15 is 0 Å². The van der Waals surface area contributed by atoms with Crippen molar-refractivity contribution < 1.29 is 13.2 Å². The predicted octanol–water partition coefficient (Wildman–Crippen LogP) is 4.34. The highest BCUT2D eigenvalue weighted by Crippen LogP contribution is 2.36. The topological polar surface area (TPSA) is 43.1 Å². The fourth-order valence-electron chi connectivity index (χ4n) is 1.85. The normalized spacial score (nSPS) is 12.0. The highest BCUT2D eigenvalue weighted by Gasteiger charge is 2.30. The van der Waals surface area contributed by atoms with Gasteiger partial charge in [-0.2, -0.15) is 27.8 Å². The Kier molecular flexibility index (Phi) is 3.48. The van der Waals surface area contributed by atoms with Gasteiger partial charge in [0.1, 0.15) is 15.5 Å². The Labute approximate surface area is 133 Å². The second kappa shape index (κ2) is 5.06. The van der Waals surface area contributed by atoms with Crippen LogP contribution in [0.3, 0.4) is 0 Å². The number of halogens is 5. The van der Waals surface area contributed by atoms with E-state index in [0.29, 0.717) is 26.1 Å². The van der Waals surface area contributed by atoms with Crippen LogP contribution in [0, 0.1) is 0 Å². The molecule has 0 aliphatic carbocycles. The first kappa shape index (κ1) is 14.5. The monoisotopic (exact) mass is 420 g/mol. The molecule has 21 heavy (non-hydrogen) atoms.